The first-order chi connectivity index (χ1) is 5.27. The first-order valence-corrected chi connectivity index (χ1v) is 4.99. The SMILES string of the molecule is CCN1CC2(CCCC2C)C1. The van der Waals surface area contributed by atoms with E-state index in [4.69, 9.17) is 0 Å². The molecule has 2 fully saturated rings. The van der Waals surface area contributed by atoms with E-state index in [9.17, 15) is 0 Å². The lowest BCUT2D eigenvalue weighted by Gasteiger charge is -2.51. The highest BCUT2D eigenvalue weighted by molar-refractivity contribution is 5.00. The van der Waals surface area contributed by atoms with E-state index in [0.717, 1.165) is 11.3 Å². The Morgan fingerprint density at radius 3 is 2.64 bits per heavy atom. The van der Waals surface area contributed by atoms with Gasteiger partial charge < -0.3 is 4.90 Å². The first-order valence-electron chi connectivity index (χ1n) is 4.99. The zero-order valence-electron chi connectivity index (χ0n) is 7.77. The molecule has 1 aliphatic carbocycles. The van der Waals surface area contributed by atoms with Gasteiger partial charge in [0, 0.05) is 13.1 Å². The third-order valence-corrected chi connectivity index (χ3v) is 3.88. The van der Waals surface area contributed by atoms with Crippen molar-refractivity contribution in [2.45, 2.75) is 33.1 Å². The number of likely N-dealkylation sites (tertiary alicyclic amines) is 1. The fraction of sp³-hybridized carbons (Fsp3) is 1.00. The van der Waals surface area contributed by atoms with E-state index in [2.05, 4.69) is 18.7 Å². The quantitative estimate of drug-likeness (QED) is 0.558. The summed E-state index contributed by atoms with van der Waals surface area (Å²) in [5.74, 6) is 1.00. The van der Waals surface area contributed by atoms with Crippen molar-refractivity contribution in [1.82, 2.24) is 4.90 Å². The molecule has 11 heavy (non-hydrogen) atoms. The van der Waals surface area contributed by atoms with Gasteiger partial charge in [-0.15, -0.1) is 0 Å². The lowest BCUT2D eigenvalue weighted by Crippen LogP contribution is -2.57. The summed E-state index contributed by atoms with van der Waals surface area (Å²) < 4.78 is 0. The van der Waals surface area contributed by atoms with Crippen LogP contribution < -0.4 is 0 Å². The third-order valence-electron chi connectivity index (χ3n) is 3.88. The van der Waals surface area contributed by atoms with Crippen LogP contribution in [0.25, 0.3) is 0 Å². The summed E-state index contributed by atoms with van der Waals surface area (Å²) in [6.45, 7) is 8.76. The Morgan fingerprint density at radius 2 is 2.18 bits per heavy atom. The predicted octanol–water partition coefficient (Wildman–Crippen LogP) is 2.13. The predicted molar refractivity (Wildman–Crippen MR) is 47.6 cm³/mol. The van der Waals surface area contributed by atoms with Crippen LogP contribution in [0.5, 0.6) is 0 Å². The molecule has 0 radical (unpaired) electrons. The van der Waals surface area contributed by atoms with Crippen molar-refractivity contribution >= 4 is 0 Å². The fourth-order valence-corrected chi connectivity index (χ4v) is 2.85. The average molecular weight is 153 g/mol. The highest BCUT2D eigenvalue weighted by Crippen LogP contribution is 2.49. The molecule has 0 bridgehead atoms. The zero-order valence-corrected chi connectivity index (χ0v) is 7.77. The Labute approximate surface area is 69.8 Å². The summed E-state index contributed by atoms with van der Waals surface area (Å²) in [6, 6.07) is 0. The topological polar surface area (TPSA) is 3.24 Å². The highest BCUT2D eigenvalue weighted by Gasteiger charge is 2.48. The van der Waals surface area contributed by atoms with E-state index in [1.807, 2.05) is 0 Å². The molecule has 1 atom stereocenters. The van der Waals surface area contributed by atoms with E-state index in [-0.39, 0.29) is 0 Å². The molecular formula is C10H19N. The summed E-state index contributed by atoms with van der Waals surface area (Å²) in [4.78, 5) is 2.57. The van der Waals surface area contributed by atoms with Gasteiger partial charge in [0.05, 0.1) is 0 Å². The number of hydrogen-bond acceptors (Lipinski definition) is 1. The van der Waals surface area contributed by atoms with Crippen molar-refractivity contribution in [3.05, 3.63) is 0 Å². The van der Waals surface area contributed by atoms with Crippen LogP contribution in [0.1, 0.15) is 33.1 Å². The Kier molecular flexibility index (Phi) is 1.71. The van der Waals surface area contributed by atoms with Gasteiger partial charge in [-0.3, -0.25) is 0 Å². The van der Waals surface area contributed by atoms with Crippen LogP contribution in [-0.2, 0) is 0 Å². The maximum atomic E-state index is 2.57. The van der Waals surface area contributed by atoms with Crippen LogP contribution in [0.15, 0.2) is 0 Å². The van der Waals surface area contributed by atoms with Crippen molar-refractivity contribution in [2.75, 3.05) is 19.6 Å². The lowest BCUT2D eigenvalue weighted by molar-refractivity contribution is -0.0205. The average Bonchev–Trinajstić information content (AvgIpc) is 2.27. The van der Waals surface area contributed by atoms with Gasteiger partial charge in [0.2, 0.25) is 0 Å². The fourth-order valence-electron chi connectivity index (χ4n) is 2.85. The zero-order chi connectivity index (χ0) is 7.90. The Balaban J connectivity index is 1.94. The van der Waals surface area contributed by atoms with Crippen molar-refractivity contribution in [2.24, 2.45) is 11.3 Å². The third kappa shape index (κ3) is 1.01. The molecule has 0 amide bonds. The van der Waals surface area contributed by atoms with Gasteiger partial charge in [-0.25, -0.2) is 0 Å². The van der Waals surface area contributed by atoms with Gasteiger partial charge >= 0.3 is 0 Å². The van der Waals surface area contributed by atoms with Crippen LogP contribution in [0.2, 0.25) is 0 Å². The Morgan fingerprint density at radius 1 is 1.45 bits per heavy atom. The molecule has 1 saturated heterocycles. The molecule has 1 heteroatoms. The lowest BCUT2D eigenvalue weighted by atomic mass is 9.72. The van der Waals surface area contributed by atoms with E-state index < -0.39 is 0 Å². The first kappa shape index (κ1) is 7.60. The second-order valence-corrected chi connectivity index (χ2v) is 4.46. The number of rotatable bonds is 1. The van der Waals surface area contributed by atoms with Crippen molar-refractivity contribution < 1.29 is 0 Å². The maximum absolute atomic E-state index is 2.57. The van der Waals surface area contributed by atoms with Gasteiger partial charge in [-0.2, -0.15) is 0 Å². The molecular weight excluding hydrogens is 134 g/mol. The highest BCUT2D eigenvalue weighted by atomic mass is 15.2. The molecule has 2 rings (SSSR count). The van der Waals surface area contributed by atoms with Gasteiger partial charge in [0.1, 0.15) is 0 Å². The maximum Gasteiger partial charge on any atom is 0.00529 e. The van der Waals surface area contributed by atoms with E-state index in [1.54, 1.807) is 0 Å². The number of nitrogens with zero attached hydrogens (tertiary/aromatic N) is 1. The van der Waals surface area contributed by atoms with Crippen molar-refractivity contribution in [3.63, 3.8) is 0 Å². The number of hydrogen-bond donors (Lipinski definition) is 0. The largest absolute Gasteiger partial charge is 0.302 e. The summed E-state index contributed by atoms with van der Waals surface area (Å²) in [7, 11) is 0. The van der Waals surface area contributed by atoms with E-state index in [0.29, 0.717) is 0 Å². The van der Waals surface area contributed by atoms with E-state index in [1.165, 1.54) is 38.9 Å². The molecule has 0 aromatic rings. The molecule has 64 valence electrons. The minimum absolute atomic E-state index is 0.774. The van der Waals surface area contributed by atoms with Crippen LogP contribution in [0, 0.1) is 11.3 Å². The summed E-state index contributed by atoms with van der Waals surface area (Å²) in [5.41, 5.74) is 0.774. The van der Waals surface area contributed by atoms with Crippen molar-refractivity contribution in [3.8, 4) is 0 Å². The van der Waals surface area contributed by atoms with Crippen LogP contribution in [-0.4, -0.2) is 24.5 Å². The molecule has 0 N–H and O–H groups in total. The van der Waals surface area contributed by atoms with Crippen LogP contribution >= 0.6 is 0 Å². The molecule has 1 spiro atoms. The monoisotopic (exact) mass is 153 g/mol. The van der Waals surface area contributed by atoms with Gasteiger partial charge in [-0.05, 0) is 24.3 Å². The second kappa shape index (κ2) is 2.48. The summed E-state index contributed by atoms with van der Waals surface area (Å²) in [5, 5.41) is 0. The minimum Gasteiger partial charge on any atom is -0.302 e. The van der Waals surface area contributed by atoms with Gasteiger partial charge in [-0.1, -0.05) is 26.7 Å². The Hall–Kier alpha value is -0.0400. The molecule has 0 aromatic carbocycles. The molecule has 1 saturated carbocycles. The molecule has 1 nitrogen and oxygen atoms in total. The second-order valence-electron chi connectivity index (χ2n) is 4.46. The van der Waals surface area contributed by atoms with Crippen LogP contribution in [0.4, 0.5) is 0 Å². The molecule has 2 aliphatic rings. The van der Waals surface area contributed by atoms with Gasteiger partial charge in [0.15, 0.2) is 0 Å². The molecule has 1 aliphatic heterocycles. The molecule has 1 unspecified atom stereocenters. The minimum atomic E-state index is 0.774. The van der Waals surface area contributed by atoms with Crippen LogP contribution in [0.3, 0.4) is 0 Å². The van der Waals surface area contributed by atoms with Crippen molar-refractivity contribution in [1.29, 1.82) is 0 Å². The molecule has 1 heterocycles. The normalized spacial score (nSPS) is 36.0. The Bertz CT molecular complexity index is 147. The standard InChI is InChI=1S/C10H19N/c1-3-11-7-10(8-11)6-4-5-9(10)2/h9H,3-8H2,1-2H3. The summed E-state index contributed by atoms with van der Waals surface area (Å²) >= 11 is 0. The van der Waals surface area contributed by atoms with E-state index >= 15 is 0 Å². The summed E-state index contributed by atoms with van der Waals surface area (Å²) in [6.07, 6.45) is 4.47. The molecule has 0 aromatic heterocycles. The smallest absolute Gasteiger partial charge is 0.00529 e. The van der Waals surface area contributed by atoms with Gasteiger partial charge in [0.25, 0.3) is 0 Å².